The van der Waals surface area contributed by atoms with Crippen LogP contribution < -0.4 is 16.4 Å². The molecule has 4 N–H and O–H groups in total. The molecule has 0 aromatic heterocycles. The zero-order valence-electron chi connectivity index (χ0n) is 18.2. The molecule has 0 radical (unpaired) electrons. The van der Waals surface area contributed by atoms with E-state index in [4.69, 9.17) is 10.7 Å². The minimum absolute atomic E-state index is 0.0606. The summed E-state index contributed by atoms with van der Waals surface area (Å²) in [6.07, 6.45) is 6.97. The van der Waals surface area contributed by atoms with Gasteiger partial charge in [-0.2, -0.15) is 0 Å². The molecule has 1 aliphatic carbocycles. The zero-order chi connectivity index (χ0) is 21.6. The van der Waals surface area contributed by atoms with Gasteiger partial charge in [-0.1, -0.05) is 57.4 Å². The van der Waals surface area contributed by atoms with Gasteiger partial charge in [-0.3, -0.25) is 9.69 Å². The van der Waals surface area contributed by atoms with E-state index in [-0.39, 0.29) is 11.9 Å². The van der Waals surface area contributed by atoms with Gasteiger partial charge in [0.25, 0.3) is 5.91 Å². The first-order chi connectivity index (χ1) is 14.5. The molecular weight excluding hydrogens is 378 g/mol. The summed E-state index contributed by atoms with van der Waals surface area (Å²) in [5.41, 5.74) is 7.57. The van der Waals surface area contributed by atoms with E-state index >= 15 is 0 Å². The number of carbonyl (C=O) groups excluding carboxylic acids is 2. The molecule has 0 bridgehead atoms. The summed E-state index contributed by atoms with van der Waals surface area (Å²) in [7, 11) is 0. The second kappa shape index (κ2) is 9.96. The lowest BCUT2D eigenvalue weighted by Gasteiger charge is -2.26. The number of nitrogens with two attached hydrogens (primary N) is 1. The maximum Gasteiger partial charge on any atom is 0.315 e. The minimum atomic E-state index is -0.630. The van der Waals surface area contributed by atoms with Crippen LogP contribution in [0.15, 0.2) is 29.3 Å². The fraction of sp³-hybridized carbons (Fsp3) is 0.609. The van der Waals surface area contributed by atoms with Crippen molar-refractivity contribution in [1.29, 1.82) is 0 Å². The third kappa shape index (κ3) is 5.12. The van der Waals surface area contributed by atoms with Gasteiger partial charge in [0.15, 0.2) is 5.96 Å². The molecule has 7 heteroatoms. The number of aliphatic imine (C=N–C) groups is 1. The van der Waals surface area contributed by atoms with Crippen molar-refractivity contribution in [2.45, 2.75) is 77.4 Å². The van der Waals surface area contributed by atoms with Gasteiger partial charge in [0.05, 0.1) is 6.54 Å². The van der Waals surface area contributed by atoms with Crippen LogP contribution >= 0.6 is 0 Å². The predicted molar refractivity (Wildman–Crippen MR) is 119 cm³/mol. The van der Waals surface area contributed by atoms with Crippen LogP contribution in [0.5, 0.6) is 0 Å². The molecule has 1 atom stereocenters. The largest absolute Gasteiger partial charge is 0.369 e. The Morgan fingerprint density at radius 3 is 2.43 bits per heavy atom. The van der Waals surface area contributed by atoms with Gasteiger partial charge < -0.3 is 16.4 Å². The summed E-state index contributed by atoms with van der Waals surface area (Å²) in [4.78, 5) is 31.4. The minimum Gasteiger partial charge on any atom is -0.369 e. The zero-order valence-corrected chi connectivity index (χ0v) is 18.2. The average Bonchev–Trinajstić information content (AvgIpc) is 3.56. The van der Waals surface area contributed by atoms with Gasteiger partial charge in [-0.15, -0.1) is 0 Å². The second-order valence-electron chi connectivity index (χ2n) is 8.44. The van der Waals surface area contributed by atoms with Crippen molar-refractivity contribution in [2.24, 2.45) is 16.6 Å². The van der Waals surface area contributed by atoms with E-state index in [2.05, 4.69) is 24.5 Å². The Bertz CT molecular complexity index is 772. The highest BCUT2D eigenvalue weighted by Gasteiger charge is 2.56. The van der Waals surface area contributed by atoms with Gasteiger partial charge in [-0.25, -0.2) is 9.79 Å². The molecule has 3 rings (SSSR count). The Balaban J connectivity index is 1.56. The normalized spacial score (nSPS) is 20.9. The fourth-order valence-corrected chi connectivity index (χ4v) is 4.01. The number of guanidine groups is 1. The molecular formula is C23H35N5O2. The first-order valence-electron chi connectivity index (χ1n) is 11.3. The predicted octanol–water partition coefficient (Wildman–Crippen LogP) is 3.28. The fourth-order valence-electron chi connectivity index (χ4n) is 4.01. The van der Waals surface area contributed by atoms with E-state index in [0.717, 1.165) is 56.1 Å². The second-order valence-corrected chi connectivity index (χ2v) is 8.44. The Morgan fingerprint density at radius 2 is 1.80 bits per heavy atom. The summed E-state index contributed by atoms with van der Waals surface area (Å²) in [5, 5.41) is 5.70. The van der Waals surface area contributed by atoms with E-state index in [9.17, 15) is 9.59 Å². The average molecular weight is 414 g/mol. The molecule has 0 spiro atoms. The number of unbranched alkanes of at least 4 members (excludes halogenated alkanes) is 2. The number of nitrogens with one attached hydrogen (secondary N) is 2. The van der Waals surface area contributed by atoms with Crippen molar-refractivity contribution in [3.63, 3.8) is 0 Å². The number of nitrogens with zero attached hydrogens (tertiary/aromatic N) is 2. The first kappa shape index (κ1) is 22.1. The molecule has 1 heterocycles. The Kier molecular flexibility index (Phi) is 7.34. The highest BCUT2D eigenvalue weighted by Crippen LogP contribution is 2.48. The quantitative estimate of drug-likeness (QED) is 0.485. The van der Waals surface area contributed by atoms with Crippen molar-refractivity contribution in [1.82, 2.24) is 15.5 Å². The van der Waals surface area contributed by atoms with E-state index in [0.29, 0.717) is 31.5 Å². The van der Waals surface area contributed by atoms with Crippen LogP contribution in [0.4, 0.5) is 4.79 Å². The molecule has 1 aromatic rings. The monoisotopic (exact) mass is 413 g/mol. The van der Waals surface area contributed by atoms with Gasteiger partial charge in [0.1, 0.15) is 5.54 Å². The highest BCUT2D eigenvalue weighted by molar-refractivity contribution is 6.07. The van der Waals surface area contributed by atoms with E-state index in [1.807, 2.05) is 24.3 Å². The van der Waals surface area contributed by atoms with Gasteiger partial charge in [-0.05, 0) is 42.7 Å². The summed E-state index contributed by atoms with van der Waals surface area (Å²) in [6, 6.07) is 7.76. The molecule has 2 aliphatic rings. The van der Waals surface area contributed by atoms with Crippen LogP contribution in [0.3, 0.4) is 0 Å². The SMILES string of the molecule is CCCCNC(=O)NCc1ccc(CN2C(=O)C(CCCC)(C3CC3)N=C2N)cc1. The van der Waals surface area contributed by atoms with Crippen molar-refractivity contribution in [2.75, 3.05) is 6.54 Å². The summed E-state index contributed by atoms with van der Waals surface area (Å²) in [6.45, 7) is 5.81. The standard InChI is InChI=1S/C23H35N5O2/c1-3-5-13-23(19-11-12-19)20(29)28(21(24)27-23)16-18-9-7-17(8-10-18)15-26-22(30)25-14-6-4-2/h7-10,19H,3-6,11-16H2,1-2H3,(H2,24,27)(H2,25,26,30). The molecule has 1 aromatic carbocycles. The van der Waals surface area contributed by atoms with Gasteiger partial charge in [0, 0.05) is 13.1 Å². The van der Waals surface area contributed by atoms with E-state index in [1.54, 1.807) is 4.90 Å². The van der Waals surface area contributed by atoms with Crippen molar-refractivity contribution in [3.8, 4) is 0 Å². The molecule has 30 heavy (non-hydrogen) atoms. The summed E-state index contributed by atoms with van der Waals surface area (Å²) >= 11 is 0. The van der Waals surface area contributed by atoms with Crippen molar-refractivity contribution >= 4 is 17.9 Å². The van der Waals surface area contributed by atoms with Gasteiger partial charge in [0.2, 0.25) is 0 Å². The van der Waals surface area contributed by atoms with Crippen molar-refractivity contribution in [3.05, 3.63) is 35.4 Å². The number of amides is 3. The maximum atomic E-state index is 13.3. The molecule has 1 unspecified atom stereocenters. The van der Waals surface area contributed by atoms with E-state index < -0.39 is 5.54 Å². The molecule has 1 saturated carbocycles. The molecule has 164 valence electrons. The Hall–Kier alpha value is -2.57. The summed E-state index contributed by atoms with van der Waals surface area (Å²) in [5.74, 6) is 0.750. The number of carbonyl (C=O) groups is 2. The van der Waals surface area contributed by atoms with Crippen LogP contribution in [0.25, 0.3) is 0 Å². The van der Waals surface area contributed by atoms with Gasteiger partial charge >= 0.3 is 6.03 Å². The van der Waals surface area contributed by atoms with Crippen LogP contribution in [0.2, 0.25) is 0 Å². The highest BCUT2D eigenvalue weighted by atomic mass is 16.2. The summed E-state index contributed by atoms with van der Waals surface area (Å²) < 4.78 is 0. The lowest BCUT2D eigenvalue weighted by atomic mass is 9.87. The molecule has 1 fully saturated rings. The maximum absolute atomic E-state index is 13.3. The van der Waals surface area contributed by atoms with Crippen LogP contribution in [0.1, 0.15) is 69.9 Å². The molecule has 3 amide bonds. The van der Waals surface area contributed by atoms with E-state index in [1.165, 1.54) is 0 Å². The lowest BCUT2D eigenvalue weighted by molar-refractivity contribution is -0.132. The van der Waals surface area contributed by atoms with Crippen LogP contribution in [-0.2, 0) is 17.9 Å². The topological polar surface area (TPSA) is 99.8 Å². The lowest BCUT2D eigenvalue weighted by Crippen LogP contribution is -2.45. The molecule has 0 saturated heterocycles. The van der Waals surface area contributed by atoms with Crippen LogP contribution in [-0.4, -0.2) is 34.9 Å². The van der Waals surface area contributed by atoms with Crippen LogP contribution in [0, 0.1) is 5.92 Å². The number of hydrogen-bond acceptors (Lipinski definition) is 4. The smallest absolute Gasteiger partial charge is 0.315 e. The third-order valence-corrected chi connectivity index (χ3v) is 6.00. The first-order valence-corrected chi connectivity index (χ1v) is 11.3. The molecule has 1 aliphatic heterocycles. The van der Waals surface area contributed by atoms with Crippen molar-refractivity contribution < 1.29 is 9.59 Å². The molecule has 7 nitrogen and oxygen atoms in total. The third-order valence-electron chi connectivity index (χ3n) is 6.00. The number of urea groups is 1. The Morgan fingerprint density at radius 1 is 1.13 bits per heavy atom. The number of benzene rings is 1. The number of rotatable bonds is 11. The number of hydrogen-bond donors (Lipinski definition) is 3. The Labute approximate surface area is 179 Å².